The summed E-state index contributed by atoms with van der Waals surface area (Å²) in [6, 6.07) is 0. The van der Waals surface area contributed by atoms with E-state index in [0.717, 1.165) is 18.7 Å². The summed E-state index contributed by atoms with van der Waals surface area (Å²) < 4.78 is 5.33. The molecule has 1 saturated carbocycles. The van der Waals surface area contributed by atoms with E-state index in [-0.39, 0.29) is 5.92 Å². The van der Waals surface area contributed by atoms with Gasteiger partial charge in [-0.3, -0.25) is 0 Å². The van der Waals surface area contributed by atoms with Crippen LogP contribution in [0.1, 0.15) is 83.3 Å². The highest BCUT2D eigenvalue weighted by Crippen LogP contribution is 2.41. The van der Waals surface area contributed by atoms with E-state index in [1.807, 2.05) is 13.8 Å². The molecule has 0 aromatic carbocycles. The molecule has 1 aliphatic rings. The molecular formula is C15H26N2O2. The molecule has 4 nitrogen and oxygen atoms in total. The lowest BCUT2D eigenvalue weighted by Crippen LogP contribution is -2.21. The second kappa shape index (κ2) is 5.61. The van der Waals surface area contributed by atoms with Crippen molar-refractivity contribution < 1.29 is 9.63 Å². The molecule has 1 aromatic rings. The molecule has 108 valence electrons. The lowest BCUT2D eigenvalue weighted by Gasteiger charge is -2.32. The Morgan fingerprint density at radius 2 is 2.00 bits per heavy atom. The summed E-state index contributed by atoms with van der Waals surface area (Å²) in [7, 11) is 0. The van der Waals surface area contributed by atoms with E-state index in [1.165, 1.54) is 12.8 Å². The Morgan fingerprint density at radius 1 is 1.37 bits per heavy atom. The number of hydrogen-bond acceptors (Lipinski definition) is 4. The van der Waals surface area contributed by atoms with Crippen LogP contribution in [0.4, 0.5) is 0 Å². The Balaban J connectivity index is 2.02. The monoisotopic (exact) mass is 266 g/mol. The smallest absolute Gasteiger partial charge is 0.232 e. The summed E-state index contributed by atoms with van der Waals surface area (Å²) in [5, 5.41) is 14.0. The average Bonchev–Trinajstić information content (AvgIpc) is 2.86. The van der Waals surface area contributed by atoms with E-state index in [1.54, 1.807) is 0 Å². The van der Waals surface area contributed by atoms with E-state index in [9.17, 15) is 5.11 Å². The van der Waals surface area contributed by atoms with Gasteiger partial charge in [-0.1, -0.05) is 32.9 Å². The molecule has 1 aliphatic carbocycles. The van der Waals surface area contributed by atoms with Gasteiger partial charge >= 0.3 is 0 Å². The molecule has 1 fully saturated rings. The number of hydrogen-bond donors (Lipinski definition) is 1. The molecule has 0 saturated heterocycles. The average molecular weight is 266 g/mol. The third-order valence-corrected chi connectivity index (χ3v) is 4.55. The van der Waals surface area contributed by atoms with Crippen LogP contribution in [0.2, 0.25) is 0 Å². The number of aliphatic hydroxyl groups is 1. The predicted molar refractivity (Wildman–Crippen MR) is 74.0 cm³/mol. The third kappa shape index (κ3) is 3.35. The van der Waals surface area contributed by atoms with Crippen LogP contribution in [0.5, 0.6) is 0 Å². The number of aliphatic hydroxyl groups excluding tert-OH is 1. The second-order valence-electron chi connectivity index (χ2n) is 6.69. The molecule has 0 spiro atoms. The summed E-state index contributed by atoms with van der Waals surface area (Å²) in [6.45, 7) is 8.55. The molecule has 1 heterocycles. The minimum atomic E-state index is -0.404. The minimum absolute atomic E-state index is 0.0775. The van der Waals surface area contributed by atoms with Crippen molar-refractivity contribution in [1.29, 1.82) is 0 Å². The van der Waals surface area contributed by atoms with Crippen LogP contribution in [0.15, 0.2) is 4.52 Å². The van der Waals surface area contributed by atoms with Crippen molar-refractivity contribution in [2.75, 3.05) is 0 Å². The van der Waals surface area contributed by atoms with Gasteiger partial charge in [0.25, 0.3) is 0 Å². The molecule has 0 radical (unpaired) electrons. The summed E-state index contributed by atoms with van der Waals surface area (Å²) >= 11 is 0. The zero-order valence-corrected chi connectivity index (χ0v) is 12.5. The van der Waals surface area contributed by atoms with E-state index in [4.69, 9.17) is 4.52 Å². The number of rotatable bonds is 4. The van der Waals surface area contributed by atoms with E-state index in [2.05, 4.69) is 24.0 Å². The van der Waals surface area contributed by atoms with Crippen LogP contribution in [-0.2, 0) is 0 Å². The van der Waals surface area contributed by atoms with Gasteiger partial charge in [0.2, 0.25) is 5.89 Å². The predicted octanol–water partition coefficient (Wildman–Crippen LogP) is 3.63. The van der Waals surface area contributed by atoms with Crippen LogP contribution in [0.3, 0.4) is 0 Å². The van der Waals surface area contributed by atoms with Gasteiger partial charge in [0.1, 0.15) is 0 Å². The van der Waals surface area contributed by atoms with Gasteiger partial charge in [-0.2, -0.15) is 4.98 Å². The van der Waals surface area contributed by atoms with Gasteiger partial charge in [0.15, 0.2) is 5.82 Å². The molecular weight excluding hydrogens is 240 g/mol. The van der Waals surface area contributed by atoms with E-state index >= 15 is 0 Å². The van der Waals surface area contributed by atoms with Crippen LogP contribution >= 0.6 is 0 Å². The maximum atomic E-state index is 9.84. The maximum absolute atomic E-state index is 9.84. The molecule has 0 amide bonds. The Bertz CT molecular complexity index is 404. The quantitative estimate of drug-likeness (QED) is 0.904. The fraction of sp³-hybridized carbons (Fsp3) is 0.867. The first-order chi connectivity index (χ1) is 8.93. The van der Waals surface area contributed by atoms with Crippen molar-refractivity contribution in [1.82, 2.24) is 10.1 Å². The first kappa shape index (κ1) is 14.5. The van der Waals surface area contributed by atoms with Crippen LogP contribution in [-0.4, -0.2) is 21.4 Å². The first-order valence-electron chi connectivity index (χ1n) is 7.44. The normalized spacial score (nSPS) is 23.2. The Labute approximate surface area is 115 Å². The van der Waals surface area contributed by atoms with Gasteiger partial charge in [-0.15, -0.1) is 0 Å². The molecule has 19 heavy (non-hydrogen) atoms. The van der Waals surface area contributed by atoms with Crippen molar-refractivity contribution >= 4 is 0 Å². The first-order valence-corrected chi connectivity index (χ1v) is 7.44. The summed E-state index contributed by atoms with van der Waals surface area (Å²) in [5.74, 6) is 1.76. The van der Waals surface area contributed by atoms with E-state index < -0.39 is 6.10 Å². The summed E-state index contributed by atoms with van der Waals surface area (Å²) in [6.07, 6.45) is 5.01. The molecule has 0 bridgehead atoms. The lowest BCUT2D eigenvalue weighted by molar-refractivity contribution is 0.129. The summed E-state index contributed by atoms with van der Waals surface area (Å²) in [5.41, 5.74) is 0.453. The Kier molecular flexibility index (Phi) is 4.29. The van der Waals surface area contributed by atoms with Crippen molar-refractivity contribution in [3.05, 3.63) is 11.7 Å². The van der Waals surface area contributed by atoms with Crippen LogP contribution in [0.25, 0.3) is 0 Å². The minimum Gasteiger partial charge on any atom is -0.392 e. The van der Waals surface area contributed by atoms with Gasteiger partial charge in [0.05, 0.1) is 12.0 Å². The van der Waals surface area contributed by atoms with Crippen molar-refractivity contribution in [3.8, 4) is 0 Å². The number of nitrogens with zero attached hydrogens (tertiary/aromatic N) is 2. The van der Waals surface area contributed by atoms with Gasteiger partial charge in [0, 0.05) is 5.92 Å². The SMILES string of the molecule is CCC(O)C(C)c1nc(C2CCC(C)(C)CC2)no1. The zero-order valence-electron chi connectivity index (χ0n) is 12.5. The highest BCUT2D eigenvalue weighted by Gasteiger charge is 2.31. The van der Waals surface area contributed by atoms with E-state index in [0.29, 0.717) is 23.6 Å². The standard InChI is InChI=1S/C15H26N2O2/c1-5-12(18)10(2)14-16-13(17-19-14)11-6-8-15(3,4)9-7-11/h10-12,18H,5-9H2,1-4H3. The lowest BCUT2D eigenvalue weighted by atomic mass is 9.73. The van der Waals surface area contributed by atoms with Crippen LogP contribution in [0, 0.1) is 5.41 Å². The Hall–Kier alpha value is -0.900. The van der Waals surface area contributed by atoms with Crippen LogP contribution < -0.4 is 0 Å². The topological polar surface area (TPSA) is 59.2 Å². The van der Waals surface area contributed by atoms with Gasteiger partial charge in [-0.25, -0.2) is 0 Å². The maximum Gasteiger partial charge on any atom is 0.232 e. The molecule has 4 heteroatoms. The van der Waals surface area contributed by atoms with Crippen molar-refractivity contribution in [2.45, 2.75) is 77.7 Å². The Morgan fingerprint density at radius 3 is 2.58 bits per heavy atom. The zero-order chi connectivity index (χ0) is 14.0. The van der Waals surface area contributed by atoms with Gasteiger partial charge < -0.3 is 9.63 Å². The fourth-order valence-electron chi connectivity index (χ4n) is 2.77. The molecule has 2 unspecified atom stereocenters. The molecule has 2 atom stereocenters. The van der Waals surface area contributed by atoms with Crippen molar-refractivity contribution in [3.63, 3.8) is 0 Å². The summed E-state index contributed by atoms with van der Waals surface area (Å²) in [4.78, 5) is 4.51. The van der Waals surface area contributed by atoms with Crippen molar-refractivity contribution in [2.24, 2.45) is 5.41 Å². The highest BCUT2D eigenvalue weighted by molar-refractivity contribution is 5.02. The molecule has 0 aliphatic heterocycles. The molecule has 2 rings (SSSR count). The van der Waals surface area contributed by atoms with Gasteiger partial charge in [-0.05, 0) is 37.5 Å². The third-order valence-electron chi connectivity index (χ3n) is 4.55. The second-order valence-corrected chi connectivity index (χ2v) is 6.69. The number of aromatic nitrogens is 2. The fourth-order valence-corrected chi connectivity index (χ4v) is 2.77. The highest BCUT2D eigenvalue weighted by atomic mass is 16.5. The largest absolute Gasteiger partial charge is 0.392 e. The molecule has 1 aromatic heterocycles. The molecule has 1 N–H and O–H groups in total.